The number of aryl methyl sites for hydroxylation is 2. The lowest BCUT2D eigenvalue weighted by molar-refractivity contribution is -0.141. The van der Waals surface area contributed by atoms with Crippen LogP contribution in [0.15, 0.2) is 46.2 Å². The van der Waals surface area contributed by atoms with Gasteiger partial charge in [0.05, 0.1) is 34.6 Å². The summed E-state index contributed by atoms with van der Waals surface area (Å²) in [6, 6.07) is 7.88. The summed E-state index contributed by atoms with van der Waals surface area (Å²) < 4.78 is 52.2. The van der Waals surface area contributed by atoms with Gasteiger partial charge in [0.15, 0.2) is 15.7 Å². The molecule has 0 bridgehead atoms. The number of carbonyl (C=O) groups excluding carboxylic acids is 3. The van der Waals surface area contributed by atoms with Crippen molar-refractivity contribution in [3.05, 3.63) is 64.0 Å². The highest BCUT2D eigenvalue weighted by Gasteiger charge is 2.59. The van der Waals surface area contributed by atoms with Crippen molar-refractivity contribution in [1.82, 2.24) is 29.3 Å². The number of likely N-dealkylation sites (tertiary alicyclic amines) is 1. The molecule has 2 saturated carbocycles. The number of imidazole rings is 1. The molecule has 7 aliphatic rings. The first-order valence-electron chi connectivity index (χ1n) is 23.4. The third-order valence-corrected chi connectivity index (χ3v) is 18.3. The van der Waals surface area contributed by atoms with Crippen molar-refractivity contribution in [2.75, 3.05) is 61.1 Å². The fourth-order valence-corrected chi connectivity index (χ4v) is 14.2. The zero-order chi connectivity index (χ0) is 45.0. The van der Waals surface area contributed by atoms with Crippen LogP contribution in [0.2, 0.25) is 0 Å². The number of amides is 3. The lowest BCUT2D eigenvalue weighted by Gasteiger charge is -2.52. The molecule has 2 N–H and O–H groups in total. The van der Waals surface area contributed by atoms with Gasteiger partial charge >= 0.3 is 5.69 Å². The summed E-state index contributed by atoms with van der Waals surface area (Å²) in [6.45, 7) is 6.78. The minimum Gasteiger partial charge on any atom is -0.378 e. The Bertz CT molecular complexity index is 2790. The van der Waals surface area contributed by atoms with Gasteiger partial charge in [-0.2, -0.15) is 4.98 Å². The Morgan fingerprint density at radius 2 is 1.69 bits per heavy atom. The number of halogens is 1. The van der Waals surface area contributed by atoms with E-state index in [4.69, 9.17) is 9.72 Å². The number of fused-ring (bicyclic) bond motifs is 3. The van der Waals surface area contributed by atoms with E-state index >= 15 is 4.39 Å². The normalized spacial score (nSPS) is 23.9. The molecule has 344 valence electrons. The van der Waals surface area contributed by atoms with Crippen molar-refractivity contribution in [3.63, 3.8) is 0 Å². The van der Waals surface area contributed by atoms with E-state index < -0.39 is 44.0 Å². The summed E-state index contributed by atoms with van der Waals surface area (Å²) in [7, 11) is -2.02. The lowest BCUT2D eigenvalue weighted by atomic mass is 9.63. The Kier molecular flexibility index (Phi) is 10.3. The van der Waals surface area contributed by atoms with Gasteiger partial charge < -0.3 is 19.9 Å². The molecule has 1 unspecified atom stereocenters. The smallest absolute Gasteiger partial charge is 0.329 e. The Morgan fingerprint density at radius 1 is 0.954 bits per heavy atom. The van der Waals surface area contributed by atoms with E-state index in [1.165, 1.54) is 16.2 Å². The second-order valence-corrected chi connectivity index (χ2v) is 22.2. The van der Waals surface area contributed by atoms with Crippen LogP contribution in [0.5, 0.6) is 0 Å². The molecular weight excluding hydrogens is 854 g/mol. The molecule has 2 spiro atoms. The highest BCUT2D eigenvalue weighted by Crippen LogP contribution is 2.53. The molecule has 4 aromatic rings. The van der Waals surface area contributed by atoms with Gasteiger partial charge in [0.25, 0.3) is 0 Å². The molecule has 0 radical (unpaired) electrons. The van der Waals surface area contributed by atoms with Gasteiger partial charge in [0.2, 0.25) is 23.7 Å². The van der Waals surface area contributed by atoms with Gasteiger partial charge in [-0.15, -0.1) is 0 Å². The summed E-state index contributed by atoms with van der Waals surface area (Å²) in [6.07, 6.45) is 11.3. The topological polar surface area (TPSA) is 181 Å². The maximum absolute atomic E-state index is 16.2. The fourth-order valence-electron chi connectivity index (χ4n) is 12.1. The molecule has 4 saturated heterocycles. The number of anilines is 4. The van der Waals surface area contributed by atoms with Crippen LogP contribution >= 0.6 is 0 Å². The highest BCUT2D eigenvalue weighted by atomic mass is 32.2. The maximum atomic E-state index is 16.2. The predicted octanol–water partition coefficient (Wildman–Crippen LogP) is 4.79. The summed E-state index contributed by atoms with van der Waals surface area (Å²) in [4.78, 5) is 67.5. The van der Waals surface area contributed by atoms with Crippen LogP contribution in [-0.2, 0) is 41.4 Å². The van der Waals surface area contributed by atoms with Crippen LogP contribution in [-0.4, -0.2) is 107 Å². The van der Waals surface area contributed by atoms with Crippen molar-refractivity contribution in [3.8, 4) is 0 Å². The number of nitrogens with zero attached hydrogens (tertiary/aromatic N) is 7. The lowest BCUT2D eigenvalue weighted by Crippen LogP contribution is -2.55. The molecule has 7 heterocycles. The number of carbonyl (C=O) groups is 3. The number of benzene rings is 2. The number of hydrogen-bond donors (Lipinski definition) is 2. The molecule has 6 fully saturated rings. The van der Waals surface area contributed by atoms with Gasteiger partial charge in [0, 0.05) is 56.6 Å². The number of aromatic nitrogens is 4. The quantitative estimate of drug-likeness (QED) is 0.220. The predicted molar refractivity (Wildman–Crippen MR) is 241 cm³/mol. The van der Waals surface area contributed by atoms with E-state index in [9.17, 15) is 27.6 Å². The van der Waals surface area contributed by atoms with Gasteiger partial charge in [-0.1, -0.05) is 12.8 Å². The van der Waals surface area contributed by atoms with Crippen LogP contribution in [0, 0.1) is 24.1 Å². The zero-order valence-electron chi connectivity index (χ0n) is 37.0. The van der Waals surface area contributed by atoms with Crippen LogP contribution in [0.3, 0.4) is 0 Å². The van der Waals surface area contributed by atoms with Gasteiger partial charge in [-0.25, -0.2) is 22.6 Å². The van der Waals surface area contributed by atoms with E-state index in [1.54, 1.807) is 36.5 Å². The first-order valence-corrected chi connectivity index (χ1v) is 24.9. The second kappa shape index (κ2) is 15.7. The van der Waals surface area contributed by atoms with Crippen LogP contribution in [0.4, 0.5) is 27.5 Å². The Hall–Kier alpha value is -5.20. The SMILES string of the molecule is Cc1cc(S(=O)(=O)C2CC3(CCN(CC4CCN(c5ccc6c(c5F)n(C)c(=O)n6C5CCC(=O)NC5=O)CC4)CC3)C2)ccc1Nc1ncc2c(n1)N(C1CCCC1)C(=O)C21COC1. The number of piperidine rings is 3. The first-order chi connectivity index (χ1) is 31.2. The number of imide groups is 1. The molecule has 11 rings (SSSR count). The summed E-state index contributed by atoms with van der Waals surface area (Å²) >= 11 is 0. The minimum absolute atomic E-state index is 0.0461. The Morgan fingerprint density at radius 3 is 2.37 bits per heavy atom. The molecule has 3 amide bonds. The maximum Gasteiger partial charge on any atom is 0.329 e. The number of nitrogens with one attached hydrogen (secondary N) is 2. The van der Waals surface area contributed by atoms with E-state index in [0.29, 0.717) is 78.6 Å². The number of hydrogen-bond acceptors (Lipinski definition) is 12. The molecule has 5 aliphatic heterocycles. The van der Waals surface area contributed by atoms with E-state index in [0.717, 1.165) is 82.1 Å². The first kappa shape index (κ1) is 42.4. The van der Waals surface area contributed by atoms with Gasteiger partial charge in [0.1, 0.15) is 22.8 Å². The third kappa shape index (κ3) is 6.90. The number of rotatable bonds is 9. The summed E-state index contributed by atoms with van der Waals surface area (Å²) in [5, 5.41) is 5.19. The summed E-state index contributed by atoms with van der Waals surface area (Å²) in [5.74, 6) is 0.141. The van der Waals surface area contributed by atoms with Gasteiger partial charge in [-0.3, -0.25) is 33.7 Å². The van der Waals surface area contributed by atoms with Crippen molar-refractivity contribution in [1.29, 1.82) is 0 Å². The molecule has 65 heavy (non-hydrogen) atoms. The summed E-state index contributed by atoms with van der Waals surface area (Å²) in [5.41, 5.74) is 2.12. The number of sulfone groups is 1. The van der Waals surface area contributed by atoms with E-state index in [1.807, 2.05) is 16.7 Å². The van der Waals surface area contributed by atoms with E-state index in [2.05, 4.69) is 20.5 Å². The fraction of sp³-hybridized carbons (Fsp3) is 0.574. The molecule has 1 atom stereocenters. The largest absolute Gasteiger partial charge is 0.378 e. The average molecular weight is 910 g/mol. The van der Waals surface area contributed by atoms with E-state index in [-0.39, 0.29) is 41.6 Å². The molecule has 18 heteroatoms. The molecule has 2 aliphatic carbocycles. The average Bonchev–Trinajstić information content (AvgIpc) is 3.95. The molecular formula is C47H56FN9O7S. The standard InChI is InChI=1S/C47H56FN9O7S/c1-28-21-31(7-8-34(28)50-44-49-24-33-41(52-44)56(30-5-3-4-6-30)43(60)47(33)26-64-27-47)65(62,63)32-22-46(23-32)15-19-54(20-16-46)25-29-13-17-55(18-14-29)35-9-10-36-40(39(35)48)53(2)45(61)57(36)37-11-12-38(58)51-42(37)59/h7-10,21,24,29-30,32,37H,3-6,11-20,22-23,25-27H2,1-2H3,(H,49,50,52)(H,51,58,59). The van der Waals surface area contributed by atoms with Crippen LogP contribution in [0.25, 0.3) is 11.0 Å². The molecule has 2 aromatic heterocycles. The van der Waals surface area contributed by atoms with Crippen LogP contribution < -0.4 is 26.1 Å². The Labute approximate surface area is 376 Å². The minimum atomic E-state index is -3.53. The molecule has 16 nitrogen and oxygen atoms in total. The van der Waals surface area contributed by atoms with Crippen molar-refractivity contribution in [2.24, 2.45) is 18.4 Å². The molecule has 2 aromatic carbocycles. The number of ether oxygens (including phenoxy) is 1. The monoisotopic (exact) mass is 909 g/mol. The van der Waals surface area contributed by atoms with Gasteiger partial charge in [-0.05, 0) is 125 Å². The van der Waals surface area contributed by atoms with Crippen molar-refractivity contribution in [2.45, 2.75) is 112 Å². The third-order valence-electron chi connectivity index (χ3n) is 16.1. The van der Waals surface area contributed by atoms with Crippen molar-refractivity contribution >= 4 is 61.7 Å². The van der Waals surface area contributed by atoms with Crippen molar-refractivity contribution < 1.29 is 31.9 Å². The highest BCUT2D eigenvalue weighted by molar-refractivity contribution is 7.92. The van der Waals surface area contributed by atoms with Crippen LogP contribution in [0.1, 0.15) is 94.2 Å². The zero-order valence-corrected chi connectivity index (χ0v) is 37.8. The second-order valence-electron chi connectivity index (χ2n) is 20.0. The Balaban J connectivity index is 0.677.